The second kappa shape index (κ2) is 5.80. The fraction of sp³-hybridized carbons (Fsp3) is 0.556. The Morgan fingerprint density at radius 1 is 1.36 bits per heavy atom. The molecule has 0 aliphatic heterocycles. The van der Waals surface area contributed by atoms with Crippen LogP contribution in [0.4, 0.5) is 11.8 Å². The van der Waals surface area contributed by atoms with E-state index in [1.54, 1.807) is 6.20 Å². The first-order valence-corrected chi connectivity index (χ1v) is 5.57. The summed E-state index contributed by atoms with van der Waals surface area (Å²) in [4.78, 5) is 8.45. The first kappa shape index (κ1) is 11.2. The molecule has 0 unspecified atom stereocenters. The number of anilines is 2. The number of nitrogens with one attached hydrogen (secondary N) is 2. The van der Waals surface area contributed by atoms with Gasteiger partial charge in [-0.1, -0.05) is 6.92 Å². The van der Waals surface area contributed by atoms with Crippen LogP contribution < -0.4 is 10.6 Å². The number of aromatic nitrogens is 2. The Bertz CT molecular complexity index is 290. The molecule has 5 heteroatoms. The van der Waals surface area contributed by atoms with E-state index in [-0.39, 0.29) is 0 Å². The van der Waals surface area contributed by atoms with Gasteiger partial charge in [0.1, 0.15) is 5.82 Å². The van der Waals surface area contributed by atoms with Crippen molar-refractivity contribution in [1.29, 1.82) is 0 Å². The van der Waals surface area contributed by atoms with E-state index in [1.165, 1.54) is 0 Å². The van der Waals surface area contributed by atoms with Gasteiger partial charge < -0.3 is 10.6 Å². The van der Waals surface area contributed by atoms with E-state index in [2.05, 4.69) is 43.5 Å². The fourth-order valence-electron chi connectivity index (χ4n) is 0.978. The quantitative estimate of drug-likeness (QED) is 0.853. The van der Waals surface area contributed by atoms with Gasteiger partial charge in [-0.05, 0) is 29.3 Å². The highest BCUT2D eigenvalue weighted by Crippen LogP contribution is 2.19. The van der Waals surface area contributed by atoms with E-state index in [0.29, 0.717) is 5.95 Å². The van der Waals surface area contributed by atoms with Crippen molar-refractivity contribution >= 4 is 27.7 Å². The van der Waals surface area contributed by atoms with Gasteiger partial charge in [-0.2, -0.15) is 4.98 Å². The molecule has 4 nitrogen and oxygen atoms in total. The summed E-state index contributed by atoms with van der Waals surface area (Å²) >= 11 is 3.40. The zero-order valence-electron chi connectivity index (χ0n) is 8.47. The first-order chi connectivity index (χ1) is 6.77. The number of halogens is 1. The maximum atomic E-state index is 4.32. The molecular formula is C9H15BrN4. The summed E-state index contributed by atoms with van der Waals surface area (Å²) in [6, 6.07) is 0. The third-order valence-corrected chi connectivity index (χ3v) is 2.20. The van der Waals surface area contributed by atoms with Gasteiger partial charge in [0.05, 0.1) is 4.47 Å². The molecule has 1 aromatic heterocycles. The van der Waals surface area contributed by atoms with Crippen LogP contribution in [0.3, 0.4) is 0 Å². The van der Waals surface area contributed by atoms with Gasteiger partial charge >= 0.3 is 0 Å². The molecule has 0 spiro atoms. The van der Waals surface area contributed by atoms with Crippen molar-refractivity contribution in [1.82, 2.24) is 9.97 Å². The summed E-state index contributed by atoms with van der Waals surface area (Å²) in [5, 5.41) is 6.29. The number of hydrogen-bond donors (Lipinski definition) is 2. The molecule has 2 N–H and O–H groups in total. The largest absolute Gasteiger partial charge is 0.369 e. The Hall–Kier alpha value is -0.840. The smallest absolute Gasteiger partial charge is 0.224 e. The SMILES string of the molecule is CCCNc1nc(NCC)ncc1Br. The average Bonchev–Trinajstić information content (AvgIpc) is 2.19. The third kappa shape index (κ3) is 3.14. The summed E-state index contributed by atoms with van der Waals surface area (Å²) in [5.41, 5.74) is 0. The molecule has 1 heterocycles. The van der Waals surface area contributed by atoms with Crippen LogP contribution in [0.2, 0.25) is 0 Å². The van der Waals surface area contributed by atoms with Gasteiger partial charge in [0, 0.05) is 19.3 Å². The minimum Gasteiger partial charge on any atom is -0.369 e. The lowest BCUT2D eigenvalue weighted by Crippen LogP contribution is -2.07. The lowest BCUT2D eigenvalue weighted by Gasteiger charge is -2.08. The van der Waals surface area contributed by atoms with Crippen molar-refractivity contribution < 1.29 is 0 Å². The number of hydrogen-bond acceptors (Lipinski definition) is 4. The normalized spacial score (nSPS) is 9.93. The molecule has 1 rings (SSSR count). The Labute approximate surface area is 92.7 Å². The molecule has 78 valence electrons. The standard InChI is InChI=1S/C9H15BrN4/c1-3-5-12-8-7(10)6-13-9(14-8)11-4-2/h6H,3-5H2,1-2H3,(H2,11,12,13,14). The Kier molecular flexibility index (Phi) is 4.65. The predicted octanol–water partition coefficient (Wildman–Crippen LogP) is 2.49. The van der Waals surface area contributed by atoms with Crippen LogP contribution in [-0.2, 0) is 0 Å². The summed E-state index contributed by atoms with van der Waals surface area (Å²) < 4.78 is 0.896. The molecule has 0 bridgehead atoms. The minimum absolute atomic E-state index is 0.661. The van der Waals surface area contributed by atoms with E-state index in [9.17, 15) is 0 Å². The van der Waals surface area contributed by atoms with Gasteiger partial charge in [-0.3, -0.25) is 0 Å². The second-order valence-corrected chi connectivity index (χ2v) is 3.70. The van der Waals surface area contributed by atoms with Gasteiger partial charge in [0.2, 0.25) is 5.95 Å². The first-order valence-electron chi connectivity index (χ1n) is 4.78. The van der Waals surface area contributed by atoms with Crippen LogP contribution in [0, 0.1) is 0 Å². The van der Waals surface area contributed by atoms with Gasteiger partial charge in [0.15, 0.2) is 0 Å². The maximum Gasteiger partial charge on any atom is 0.224 e. The molecule has 0 saturated heterocycles. The van der Waals surface area contributed by atoms with Crippen LogP contribution in [-0.4, -0.2) is 23.1 Å². The van der Waals surface area contributed by atoms with Gasteiger partial charge in [0.25, 0.3) is 0 Å². The highest BCUT2D eigenvalue weighted by molar-refractivity contribution is 9.10. The topological polar surface area (TPSA) is 49.8 Å². The van der Waals surface area contributed by atoms with E-state index in [4.69, 9.17) is 0 Å². The summed E-state index contributed by atoms with van der Waals surface area (Å²) in [5.74, 6) is 1.51. The average molecular weight is 259 g/mol. The van der Waals surface area contributed by atoms with Gasteiger partial charge in [-0.15, -0.1) is 0 Å². The number of rotatable bonds is 5. The van der Waals surface area contributed by atoms with Crippen LogP contribution in [0.25, 0.3) is 0 Å². The molecule has 0 aromatic carbocycles. The van der Waals surface area contributed by atoms with E-state index >= 15 is 0 Å². The minimum atomic E-state index is 0.661. The Balaban J connectivity index is 2.74. The lowest BCUT2D eigenvalue weighted by atomic mass is 10.4. The van der Waals surface area contributed by atoms with Crippen molar-refractivity contribution in [3.63, 3.8) is 0 Å². The highest BCUT2D eigenvalue weighted by atomic mass is 79.9. The summed E-state index contributed by atoms with van der Waals surface area (Å²) in [6.07, 6.45) is 2.83. The zero-order valence-corrected chi connectivity index (χ0v) is 10.1. The molecule has 1 aromatic rings. The van der Waals surface area contributed by atoms with Crippen LogP contribution >= 0.6 is 15.9 Å². The van der Waals surface area contributed by atoms with Crippen molar-refractivity contribution in [2.75, 3.05) is 23.7 Å². The molecule has 0 radical (unpaired) electrons. The molecule has 0 fully saturated rings. The zero-order chi connectivity index (χ0) is 10.4. The molecule has 0 amide bonds. The fourth-order valence-corrected chi connectivity index (χ4v) is 1.31. The van der Waals surface area contributed by atoms with E-state index < -0.39 is 0 Å². The van der Waals surface area contributed by atoms with Crippen LogP contribution in [0.1, 0.15) is 20.3 Å². The van der Waals surface area contributed by atoms with Crippen molar-refractivity contribution in [3.05, 3.63) is 10.7 Å². The van der Waals surface area contributed by atoms with Crippen molar-refractivity contribution in [2.24, 2.45) is 0 Å². The van der Waals surface area contributed by atoms with Crippen molar-refractivity contribution in [3.8, 4) is 0 Å². The molecule has 0 atom stereocenters. The molecule has 14 heavy (non-hydrogen) atoms. The summed E-state index contributed by atoms with van der Waals surface area (Å²) in [7, 11) is 0. The monoisotopic (exact) mass is 258 g/mol. The molecule has 0 aliphatic rings. The summed E-state index contributed by atoms with van der Waals surface area (Å²) in [6.45, 7) is 5.88. The Morgan fingerprint density at radius 2 is 2.14 bits per heavy atom. The third-order valence-electron chi connectivity index (χ3n) is 1.62. The van der Waals surface area contributed by atoms with Crippen molar-refractivity contribution in [2.45, 2.75) is 20.3 Å². The van der Waals surface area contributed by atoms with E-state index in [1.807, 2.05) is 6.92 Å². The van der Waals surface area contributed by atoms with Crippen LogP contribution in [0.15, 0.2) is 10.7 Å². The van der Waals surface area contributed by atoms with Gasteiger partial charge in [-0.25, -0.2) is 4.98 Å². The second-order valence-electron chi connectivity index (χ2n) is 2.85. The van der Waals surface area contributed by atoms with Crippen LogP contribution in [0.5, 0.6) is 0 Å². The Morgan fingerprint density at radius 3 is 2.79 bits per heavy atom. The molecule has 0 saturated carbocycles. The maximum absolute atomic E-state index is 4.32. The predicted molar refractivity (Wildman–Crippen MR) is 62.7 cm³/mol. The number of nitrogens with zero attached hydrogens (tertiary/aromatic N) is 2. The van der Waals surface area contributed by atoms with E-state index in [0.717, 1.165) is 29.8 Å². The molecule has 0 aliphatic carbocycles. The highest BCUT2D eigenvalue weighted by Gasteiger charge is 2.02. The lowest BCUT2D eigenvalue weighted by molar-refractivity contribution is 0.960. The molecular weight excluding hydrogens is 244 g/mol.